The molecule has 2 aromatic carbocycles. The van der Waals surface area contributed by atoms with E-state index in [-0.39, 0.29) is 11.7 Å². The lowest BCUT2D eigenvalue weighted by atomic mass is 10.1. The van der Waals surface area contributed by atoms with Crippen molar-refractivity contribution in [2.45, 2.75) is 30.4 Å². The van der Waals surface area contributed by atoms with E-state index in [0.29, 0.717) is 0 Å². The fourth-order valence-electron chi connectivity index (χ4n) is 2.04. The van der Waals surface area contributed by atoms with Gasteiger partial charge in [0.1, 0.15) is 0 Å². The number of hydrogen-bond donors (Lipinski definition) is 1. The molecular formula is C17H18O2S. The van der Waals surface area contributed by atoms with Crippen molar-refractivity contribution in [3.05, 3.63) is 65.2 Å². The van der Waals surface area contributed by atoms with Crippen molar-refractivity contribution >= 4 is 17.7 Å². The van der Waals surface area contributed by atoms with E-state index >= 15 is 0 Å². The van der Waals surface area contributed by atoms with Gasteiger partial charge in [-0.05, 0) is 31.0 Å². The summed E-state index contributed by atoms with van der Waals surface area (Å²) in [6.45, 7) is 4.11. The van der Waals surface area contributed by atoms with Gasteiger partial charge >= 0.3 is 5.97 Å². The van der Waals surface area contributed by atoms with Gasteiger partial charge in [-0.2, -0.15) is 0 Å². The van der Waals surface area contributed by atoms with Crippen LogP contribution in [0.15, 0.2) is 53.4 Å². The molecule has 1 atom stereocenters. The van der Waals surface area contributed by atoms with Gasteiger partial charge in [0.15, 0.2) is 0 Å². The van der Waals surface area contributed by atoms with Crippen LogP contribution in [0.2, 0.25) is 0 Å². The van der Waals surface area contributed by atoms with Crippen LogP contribution < -0.4 is 0 Å². The Hall–Kier alpha value is -1.74. The highest BCUT2D eigenvalue weighted by Gasteiger charge is 2.17. The highest BCUT2D eigenvalue weighted by atomic mass is 32.2. The molecular weight excluding hydrogens is 268 g/mol. The second-order valence-electron chi connectivity index (χ2n) is 4.88. The van der Waals surface area contributed by atoms with E-state index in [2.05, 4.69) is 32.0 Å². The van der Waals surface area contributed by atoms with Crippen LogP contribution in [-0.2, 0) is 4.79 Å². The summed E-state index contributed by atoms with van der Waals surface area (Å²) in [5.74, 6) is -0.767. The minimum Gasteiger partial charge on any atom is -0.481 e. The van der Waals surface area contributed by atoms with E-state index in [9.17, 15) is 4.79 Å². The van der Waals surface area contributed by atoms with Crippen molar-refractivity contribution in [2.24, 2.45) is 0 Å². The van der Waals surface area contributed by atoms with Gasteiger partial charge in [-0.3, -0.25) is 4.79 Å². The van der Waals surface area contributed by atoms with E-state index in [1.165, 1.54) is 11.1 Å². The first-order valence-corrected chi connectivity index (χ1v) is 7.45. The third kappa shape index (κ3) is 3.87. The highest BCUT2D eigenvalue weighted by Crippen LogP contribution is 2.39. The van der Waals surface area contributed by atoms with Gasteiger partial charge < -0.3 is 5.11 Å². The minimum absolute atomic E-state index is 0.0609. The minimum atomic E-state index is -0.767. The van der Waals surface area contributed by atoms with E-state index in [1.807, 2.05) is 30.3 Å². The summed E-state index contributed by atoms with van der Waals surface area (Å²) < 4.78 is 0. The topological polar surface area (TPSA) is 37.3 Å². The molecule has 0 amide bonds. The number of aryl methyl sites for hydroxylation is 2. The van der Waals surface area contributed by atoms with Gasteiger partial charge in [0, 0.05) is 10.1 Å². The number of carbonyl (C=O) groups is 1. The van der Waals surface area contributed by atoms with Crippen molar-refractivity contribution in [2.75, 3.05) is 0 Å². The zero-order chi connectivity index (χ0) is 14.5. The Morgan fingerprint density at radius 1 is 1.15 bits per heavy atom. The van der Waals surface area contributed by atoms with E-state index in [1.54, 1.807) is 11.8 Å². The van der Waals surface area contributed by atoms with Crippen LogP contribution in [0, 0.1) is 13.8 Å². The number of carboxylic acid groups (broad SMARTS) is 1. The molecule has 0 aliphatic rings. The summed E-state index contributed by atoms with van der Waals surface area (Å²) >= 11 is 1.63. The number of thioether (sulfide) groups is 1. The van der Waals surface area contributed by atoms with Gasteiger partial charge in [0.2, 0.25) is 0 Å². The van der Waals surface area contributed by atoms with Crippen LogP contribution in [0.4, 0.5) is 0 Å². The Morgan fingerprint density at radius 2 is 1.85 bits per heavy atom. The third-order valence-electron chi connectivity index (χ3n) is 3.14. The first kappa shape index (κ1) is 14.7. The summed E-state index contributed by atoms with van der Waals surface area (Å²) in [5.41, 5.74) is 3.44. The van der Waals surface area contributed by atoms with Crippen molar-refractivity contribution in [3.8, 4) is 0 Å². The Balaban J connectivity index is 2.28. The van der Waals surface area contributed by atoms with Crippen LogP contribution in [0.3, 0.4) is 0 Å². The van der Waals surface area contributed by atoms with Crippen molar-refractivity contribution in [1.29, 1.82) is 0 Å². The Kier molecular flexibility index (Phi) is 4.85. The monoisotopic (exact) mass is 286 g/mol. The lowest BCUT2D eigenvalue weighted by Crippen LogP contribution is -2.03. The Morgan fingerprint density at radius 3 is 2.50 bits per heavy atom. The summed E-state index contributed by atoms with van der Waals surface area (Å²) in [4.78, 5) is 12.3. The smallest absolute Gasteiger partial charge is 0.304 e. The highest BCUT2D eigenvalue weighted by molar-refractivity contribution is 7.99. The van der Waals surface area contributed by atoms with E-state index in [0.717, 1.165) is 10.5 Å². The molecule has 0 saturated heterocycles. The molecule has 2 aromatic rings. The maximum absolute atomic E-state index is 11.1. The second-order valence-corrected chi connectivity index (χ2v) is 6.13. The summed E-state index contributed by atoms with van der Waals surface area (Å²) in [6.07, 6.45) is 0.127. The first-order valence-electron chi connectivity index (χ1n) is 6.57. The second kappa shape index (κ2) is 6.62. The van der Waals surface area contributed by atoms with Crippen molar-refractivity contribution < 1.29 is 9.90 Å². The van der Waals surface area contributed by atoms with Gasteiger partial charge in [0.05, 0.1) is 6.42 Å². The largest absolute Gasteiger partial charge is 0.481 e. The summed E-state index contributed by atoms with van der Waals surface area (Å²) in [6, 6.07) is 16.1. The number of rotatable bonds is 5. The SMILES string of the molecule is Cc1ccc(C)c(SC(CC(=O)O)c2ccccc2)c1. The number of benzene rings is 2. The van der Waals surface area contributed by atoms with Crippen LogP contribution in [0.25, 0.3) is 0 Å². The molecule has 0 heterocycles. The molecule has 0 aromatic heterocycles. The van der Waals surface area contributed by atoms with Crippen molar-refractivity contribution in [3.63, 3.8) is 0 Å². The fraction of sp³-hybridized carbons (Fsp3) is 0.235. The van der Waals surface area contributed by atoms with Crippen LogP contribution >= 0.6 is 11.8 Å². The number of hydrogen-bond acceptors (Lipinski definition) is 2. The molecule has 104 valence electrons. The van der Waals surface area contributed by atoms with Crippen LogP contribution in [-0.4, -0.2) is 11.1 Å². The molecule has 1 unspecified atom stereocenters. The average molecular weight is 286 g/mol. The summed E-state index contributed by atoms with van der Waals surface area (Å²) in [7, 11) is 0. The first-order chi connectivity index (χ1) is 9.56. The molecule has 20 heavy (non-hydrogen) atoms. The molecule has 0 saturated carbocycles. The van der Waals surface area contributed by atoms with E-state index < -0.39 is 5.97 Å². The quantitative estimate of drug-likeness (QED) is 0.815. The van der Waals surface area contributed by atoms with Crippen LogP contribution in [0.1, 0.15) is 28.4 Å². The maximum atomic E-state index is 11.1. The Labute approximate surface area is 123 Å². The lowest BCUT2D eigenvalue weighted by molar-refractivity contribution is -0.137. The molecule has 0 radical (unpaired) electrons. The molecule has 2 nitrogen and oxygen atoms in total. The Bertz CT molecular complexity index is 593. The van der Waals surface area contributed by atoms with E-state index in [4.69, 9.17) is 5.11 Å². The molecule has 3 heteroatoms. The molecule has 0 fully saturated rings. The molecule has 2 rings (SSSR count). The molecule has 0 aliphatic carbocycles. The predicted octanol–water partition coefficient (Wildman–Crippen LogP) is 4.61. The van der Waals surface area contributed by atoms with Crippen molar-refractivity contribution in [1.82, 2.24) is 0 Å². The third-order valence-corrected chi connectivity index (χ3v) is 4.56. The fourth-order valence-corrected chi connectivity index (χ4v) is 3.37. The molecule has 0 spiro atoms. The average Bonchev–Trinajstić information content (AvgIpc) is 2.42. The standard InChI is InChI=1S/C17H18O2S/c1-12-8-9-13(2)15(10-12)20-16(11-17(18)19)14-6-4-3-5-7-14/h3-10,16H,11H2,1-2H3,(H,18,19). The molecule has 1 N–H and O–H groups in total. The van der Waals surface area contributed by atoms with Gasteiger partial charge in [-0.25, -0.2) is 0 Å². The van der Waals surface area contributed by atoms with Gasteiger partial charge in [0.25, 0.3) is 0 Å². The normalized spacial score (nSPS) is 12.1. The number of aliphatic carboxylic acids is 1. The zero-order valence-corrected chi connectivity index (χ0v) is 12.5. The zero-order valence-electron chi connectivity index (χ0n) is 11.7. The predicted molar refractivity (Wildman–Crippen MR) is 83.2 cm³/mol. The summed E-state index contributed by atoms with van der Waals surface area (Å²) in [5, 5.41) is 9.07. The maximum Gasteiger partial charge on any atom is 0.304 e. The van der Waals surface area contributed by atoms with Gasteiger partial charge in [-0.1, -0.05) is 48.0 Å². The molecule has 0 bridgehead atoms. The van der Waals surface area contributed by atoms with Crippen LogP contribution in [0.5, 0.6) is 0 Å². The number of carboxylic acids is 1. The lowest BCUT2D eigenvalue weighted by Gasteiger charge is -2.17. The van der Waals surface area contributed by atoms with Gasteiger partial charge in [-0.15, -0.1) is 11.8 Å². The molecule has 0 aliphatic heterocycles.